The number of para-hydroxylation sites is 2. The second-order valence-corrected chi connectivity index (χ2v) is 6.32. The standard InChI is InChI=1S/C17H23N3/c1-17(9-5-2-6-10-17)13-18-11-14-12-19-15-7-3-4-8-16(15)20-14/h3-4,7-8,12,18H,2,5-6,9-11,13H2,1H3. The second kappa shape index (κ2) is 5.88. The van der Waals surface area contributed by atoms with E-state index in [4.69, 9.17) is 0 Å². The third-order valence-electron chi connectivity index (χ3n) is 4.42. The number of aromatic nitrogens is 2. The van der Waals surface area contributed by atoms with Crippen molar-refractivity contribution in [1.29, 1.82) is 0 Å². The molecule has 0 atom stereocenters. The summed E-state index contributed by atoms with van der Waals surface area (Å²) in [5.74, 6) is 0. The predicted octanol–water partition coefficient (Wildman–Crippen LogP) is 3.69. The van der Waals surface area contributed by atoms with E-state index in [1.165, 1.54) is 32.1 Å². The molecule has 1 N–H and O–H groups in total. The van der Waals surface area contributed by atoms with Gasteiger partial charge < -0.3 is 5.32 Å². The Morgan fingerprint density at radius 2 is 1.85 bits per heavy atom. The fourth-order valence-corrected chi connectivity index (χ4v) is 3.16. The highest BCUT2D eigenvalue weighted by Gasteiger charge is 2.25. The van der Waals surface area contributed by atoms with Gasteiger partial charge in [0.1, 0.15) is 0 Å². The summed E-state index contributed by atoms with van der Waals surface area (Å²) in [6.45, 7) is 4.31. The van der Waals surface area contributed by atoms with Gasteiger partial charge >= 0.3 is 0 Å². The van der Waals surface area contributed by atoms with Gasteiger partial charge in [0, 0.05) is 13.1 Å². The highest BCUT2D eigenvalue weighted by Crippen LogP contribution is 2.34. The molecule has 1 fully saturated rings. The summed E-state index contributed by atoms with van der Waals surface area (Å²) in [6.07, 6.45) is 8.76. The molecule has 0 radical (unpaired) electrons. The predicted molar refractivity (Wildman–Crippen MR) is 82.4 cm³/mol. The van der Waals surface area contributed by atoms with Gasteiger partial charge in [-0.15, -0.1) is 0 Å². The zero-order chi connectivity index (χ0) is 13.8. The number of nitrogens with zero attached hydrogens (tertiary/aromatic N) is 2. The van der Waals surface area contributed by atoms with Crippen LogP contribution < -0.4 is 5.32 Å². The van der Waals surface area contributed by atoms with Crippen LogP contribution in [0.25, 0.3) is 11.0 Å². The maximum atomic E-state index is 4.66. The lowest BCUT2D eigenvalue weighted by Gasteiger charge is -2.33. The quantitative estimate of drug-likeness (QED) is 0.920. The number of nitrogens with one attached hydrogen (secondary N) is 1. The molecule has 0 aliphatic heterocycles. The third-order valence-corrected chi connectivity index (χ3v) is 4.42. The van der Waals surface area contributed by atoms with E-state index in [0.29, 0.717) is 5.41 Å². The van der Waals surface area contributed by atoms with Crippen LogP contribution in [-0.2, 0) is 6.54 Å². The first-order valence-electron chi connectivity index (χ1n) is 7.67. The number of rotatable bonds is 4. The van der Waals surface area contributed by atoms with Crippen molar-refractivity contribution in [2.45, 2.75) is 45.6 Å². The normalized spacial score (nSPS) is 18.2. The number of hydrogen-bond donors (Lipinski definition) is 1. The lowest BCUT2D eigenvalue weighted by molar-refractivity contribution is 0.207. The van der Waals surface area contributed by atoms with Crippen molar-refractivity contribution in [3.8, 4) is 0 Å². The van der Waals surface area contributed by atoms with Crippen molar-refractivity contribution in [2.75, 3.05) is 6.54 Å². The molecule has 2 aromatic rings. The SMILES string of the molecule is CC1(CNCc2cnc3ccccc3n2)CCCCC1. The second-order valence-electron chi connectivity index (χ2n) is 6.32. The molecule has 20 heavy (non-hydrogen) atoms. The molecule has 1 aliphatic carbocycles. The lowest BCUT2D eigenvalue weighted by atomic mass is 9.76. The Kier molecular flexibility index (Phi) is 3.97. The van der Waals surface area contributed by atoms with Crippen LogP contribution in [-0.4, -0.2) is 16.5 Å². The summed E-state index contributed by atoms with van der Waals surface area (Å²) in [4.78, 5) is 9.12. The van der Waals surface area contributed by atoms with E-state index in [2.05, 4.69) is 22.2 Å². The molecule has 1 aromatic carbocycles. The first-order chi connectivity index (χ1) is 9.75. The average Bonchev–Trinajstić information content (AvgIpc) is 2.48. The minimum atomic E-state index is 0.475. The van der Waals surface area contributed by atoms with Gasteiger partial charge in [0.25, 0.3) is 0 Å². The van der Waals surface area contributed by atoms with Crippen molar-refractivity contribution in [1.82, 2.24) is 15.3 Å². The average molecular weight is 269 g/mol. The van der Waals surface area contributed by atoms with Crippen molar-refractivity contribution < 1.29 is 0 Å². The lowest BCUT2D eigenvalue weighted by Crippen LogP contribution is -2.33. The van der Waals surface area contributed by atoms with Crippen molar-refractivity contribution in [3.63, 3.8) is 0 Å². The van der Waals surface area contributed by atoms with Crippen molar-refractivity contribution >= 4 is 11.0 Å². The molecule has 1 heterocycles. The summed E-state index contributed by atoms with van der Waals surface area (Å²) in [7, 11) is 0. The van der Waals surface area contributed by atoms with E-state index in [-0.39, 0.29) is 0 Å². The van der Waals surface area contributed by atoms with Crippen LogP contribution in [0, 0.1) is 5.41 Å². The third kappa shape index (κ3) is 3.15. The highest BCUT2D eigenvalue weighted by molar-refractivity contribution is 5.73. The molecule has 0 spiro atoms. The van der Waals surface area contributed by atoms with Gasteiger partial charge in [-0.2, -0.15) is 0 Å². The molecule has 0 saturated heterocycles. The Hall–Kier alpha value is -1.48. The Balaban J connectivity index is 1.59. The molecule has 0 unspecified atom stereocenters. The Morgan fingerprint density at radius 1 is 1.10 bits per heavy atom. The summed E-state index contributed by atoms with van der Waals surface area (Å²) in [5.41, 5.74) is 3.46. The van der Waals surface area contributed by atoms with Crippen LogP contribution in [0.4, 0.5) is 0 Å². The van der Waals surface area contributed by atoms with Gasteiger partial charge in [0.15, 0.2) is 0 Å². The summed E-state index contributed by atoms with van der Waals surface area (Å²) >= 11 is 0. The molecule has 0 bridgehead atoms. The molecule has 3 nitrogen and oxygen atoms in total. The minimum absolute atomic E-state index is 0.475. The van der Waals surface area contributed by atoms with Crippen LogP contribution in [0.15, 0.2) is 30.5 Å². The molecule has 0 amide bonds. The summed E-state index contributed by atoms with van der Waals surface area (Å²) in [6, 6.07) is 8.03. The highest BCUT2D eigenvalue weighted by atomic mass is 14.9. The van der Waals surface area contributed by atoms with Gasteiger partial charge in [-0.3, -0.25) is 4.98 Å². The molecule has 106 valence electrons. The van der Waals surface area contributed by atoms with Crippen LogP contribution in [0.3, 0.4) is 0 Å². The van der Waals surface area contributed by atoms with Crippen LogP contribution in [0.1, 0.15) is 44.7 Å². The van der Waals surface area contributed by atoms with Crippen molar-refractivity contribution in [2.24, 2.45) is 5.41 Å². The van der Waals surface area contributed by atoms with E-state index in [1.54, 1.807) is 0 Å². The zero-order valence-electron chi connectivity index (χ0n) is 12.2. The summed E-state index contributed by atoms with van der Waals surface area (Å²) in [5, 5.41) is 3.57. The van der Waals surface area contributed by atoms with E-state index in [1.807, 2.05) is 30.5 Å². The summed E-state index contributed by atoms with van der Waals surface area (Å²) < 4.78 is 0. The zero-order valence-corrected chi connectivity index (χ0v) is 12.2. The van der Waals surface area contributed by atoms with Gasteiger partial charge in [0.2, 0.25) is 0 Å². The van der Waals surface area contributed by atoms with E-state index >= 15 is 0 Å². The van der Waals surface area contributed by atoms with E-state index in [9.17, 15) is 0 Å². The minimum Gasteiger partial charge on any atom is -0.311 e. The number of hydrogen-bond acceptors (Lipinski definition) is 3. The molecular weight excluding hydrogens is 246 g/mol. The molecular formula is C17H23N3. The maximum Gasteiger partial charge on any atom is 0.0890 e. The van der Waals surface area contributed by atoms with Gasteiger partial charge in [-0.25, -0.2) is 4.98 Å². The van der Waals surface area contributed by atoms with Crippen molar-refractivity contribution in [3.05, 3.63) is 36.2 Å². The van der Waals surface area contributed by atoms with Crippen LogP contribution >= 0.6 is 0 Å². The first-order valence-corrected chi connectivity index (χ1v) is 7.67. The molecule has 1 aromatic heterocycles. The number of benzene rings is 1. The van der Waals surface area contributed by atoms with Crippen LogP contribution in [0.2, 0.25) is 0 Å². The smallest absolute Gasteiger partial charge is 0.0890 e. The molecule has 3 heteroatoms. The Bertz CT molecular complexity index is 573. The topological polar surface area (TPSA) is 37.8 Å². The molecule has 1 saturated carbocycles. The fraction of sp³-hybridized carbons (Fsp3) is 0.529. The maximum absolute atomic E-state index is 4.66. The number of fused-ring (bicyclic) bond motifs is 1. The van der Waals surface area contributed by atoms with Gasteiger partial charge in [-0.05, 0) is 30.4 Å². The first kappa shape index (κ1) is 13.5. The monoisotopic (exact) mass is 269 g/mol. The fourth-order valence-electron chi connectivity index (χ4n) is 3.16. The van der Waals surface area contributed by atoms with Crippen LogP contribution in [0.5, 0.6) is 0 Å². The molecule has 3 rings (SSSR count). The molecule has 1 aliphatic rings. The van der Waals surface area contributed by atoms with E-state index < -0.39 is 0 Å². The van der Waals surface area contributed by atoms with E-state index in [0.717, 1.165) is 29.8 Å². The Labute approximate surface area is 120 Å². The van der Waals surface area contributed by atoms with Gasteiger partial charge in [0.05, 0.1) is 22.9 Å². The largest absolute Gasteiger partial charge is 0.311 e. The Morgan fingerprint density at radius 3 is 2.65 bits per heavy atom. The van der Waals surface area contributed by atoms with Gasteiger partial charge in [-0.1, -0.05) is 38.3 Å².